The average Bonchev–Trinajstić information content (AvgIpc) is 2.95. The summed E-state index contributed by atoms with van der Waals surface area (Å²) in [6, 6.07) is 15.6. The maximum atomic E-state index is 12.6. The lowest BCUT2D eigenvalue weighted by atomic mass is 10.1. The van der Waals surface area contributed by atoms with Crippen LogP contribution in [0.5, 0.6) is 5.75 Å². The molecule has 5 heteroatoms. The third-order valence-corrected chi connectivity index (χ3v) is 5.46. The molecule has 3 rings (SSSR count). The number of para-hydroxylation sites is 1. The van der Waals surface area contributed by atoms with Gasteiger partial charge in [-0.1, -0.05) is 55.0 Å². The monoisotopic (exact) mass is 381 g/mol. The van der Waals surface area contributed by atoms with Crippen LogP contribution in [0.2, 0.25) is 0 Å². The lowest BCUT2D eigenvalue weighted by molar-refractivity contribution is -0.124. The van der Waals surface area contributed by atoms with Gasteiger partial charge in [0, 0.05) is 11.6 Å². The minimum Gasteiger partial charge on any atom is -0.488 e. The van der Waals surface area contributed by atoms with E-state index >= 15 is 0 Å². The number of imide groups is 1. The van der Waals surface area contributed by atoms with Crippen LogP contribution in [-0.4, -0.2) is 22.1 Å². The van der Waals surface area contributed by atoms with Gasteiger partial charge in [-0.2, -0.15) is 0 Å². The van der Waals surface area contributed by atoms with Crippen LogP contribution < -0.4 is 4.74 Å². The van der Waals surface area contributed by atoms with E-state index in [2.05, 4.69) is 12.1 Å². The number of amides is 2. The standard InChI is InChI=1S/C22H23NO3S/c1-4-16(3)23-21(24)20(27-22(23)25)13-18-7-5-6-8-19(18)26-14-17-11-9-15(2)10-12-17/h5-13,16H,4,14H2,1-3H3/b20-13+/t16-/m1/s1. The van der Waals surface area contributed by atoms with E-state index in [-0.39, 0.29) is 17.2 Å². The number of thioether (sulfide) groups is 1. The Hall–Kier alpha value is -2.53. The number of hydrogen-bond donors (Lipinski definition) is 0. The van der Waals surface area contributed by atoms with Crippen molar-refractivity contribution < 1.29 is 14.3 Å². The number of benzene rings is 2. The third-order valence-electron chi connectivity index (χ3n) is 4.58. The predicted octanol–water partition coefficient (Wildman–Crippen LogP) is 5.41. The van der Waals surface area contributed by atoms with Crippen molar-refractivity contribution >= 4 is 29.0 Å². The van der Waals surface area contributed by atoms with Gasteiger partial charge in [0.15, 0.2) is 0 Å². The lowest BCUT2D eigenvalue weighted by Crippen LogP contribution is -2.36. The molecule has 140 valence electrons. The largest absolute Gasteiger partial charge is 0.488 e. The van der Waals surface area contributed by atoms with Gasteiger partial charge in [-0.25, -0.2) is 0 Å². The van der Waals surface area contributed by atoms with Crippen LogP contribution in [0.1, 0.15) is 37.0 Å². The van der Waals surface area contributed by atoms with Crippen molar-refractivity contribution in [2.45, 2.75) is 39.8 Å². The van der Waals surface area contributed by atoms with Crippen LogP contribution in [0.15, 0.2) is 53.4 Å². The van der Waals surface area contributed by atoms with Crippen LogP contribution in [0.25, 0.3) is 6.08 Å². The van der Waals surface area contributed by atoms with Crippen molar-refractivity contribution in [1.29, 1.82) is 0 Å². The Balaban J connectivity index is 1.79. The molecule has 0 aromatic heterocycles. The van der Waals surface area contributed by atoms with Gasteiger partial charge in [0.05, 0.1) is 4.91 Å². The molecule has 0 spiro atoms. The highest BCUT2D eigenvalue weighted by Gasteiger charge is 2.37. The summed E-state index contributed by atoms with van der Waals surface area (Å²) < 4.78 is 5.97. The number of aryl methyl sites for hydroxylation is 1. The number of carbonyl (C=O) groups excluding carboxylic acids is 2. The van der Waals surface area contributed by atoms with E-state index in [1.807, 2.05) is 57.2 Å². The molecule has 1 fully saturated rings. The molecular formula is C22H23NO3S. The number of hydrogen-bond acceptors (Lipinski definition) is 4. The molecule has 1 heterocycles. The normalized spacial score (nSPS) is 16.9. The highest BCUT2D eigenvalue weighted by atomic mass is 32.2. The summed E-state index contributed by atoms with van der Waals surface area (Å²) in [5, 5.41) is -0.210. The molecule has 0 aliphatic carbocycles. The van der Waals surface area contributed by atoms with Gasteiger partial charge in [0.2, 0.25) is 0 Å². The Morgan fingerprint density at radius 2 is 1.81 bits per heavy atom. The lowest BCUT2D eigenvalue weighted by Gasteiger charge is -2.19. The zero-order chi connectivity index (χ0) is 19.4. The van der Waals surface area contributed by atoms with Gasteiger partial charge in [0.1, 0.15) is 12.4 Å². The topological polar surface area (TPSA) is 46.6 Å². The van der Waals surface area contributed by atoms with E-state index in [1.165, 1.54) is 10.5 Å². The SMILES string of the molecule is CC[C@@H](C)N1C(=O)S/C(=C/c2ccccc2OCc2ccc(C)cc2)C1=O. The molecule has 2 amide bonds. The molecule has 1 saturated heterocycles. The second kappa shape index (κ2) is 8.44. The Labute approximate surface area is 164 Å². The van der Waals surface area contributed by atoms with Crippen LogP contribution in [0.3, 0.4) is 0 Å². The zero-order valence-corrected chi connectivity index (χ0v) is 16.6. The minimum atomic E-state index is -0.229. The van der Waals surface area contributed by atoms with Crippen molar-refractivity contribution in [3.05, 3.63) is 70.1 Å². The molecule has 1 aliphatic heterocycles. The zero-order valence-electron chi connectivity index (χ0n) is 15.8. The fraction of sp³-hybridized carbons (Fsp3) is 0.273. The van der Waals surface area contributed by atoms with Crippen molar-refractivity contribution in [1.82, 2.24) is 4.90 Å². The third kappa shape index (κ3) is 4.42. The molecular weight excluding hydrogens is 358 g/mol. The Bertz CT molecular complexity index is 873. The molecule has 0 unspecified atom stereocenters. The fourth-order valence-electron chi connectivity index (χ4n) is 2.76. The van der Waals surface area contributed by atoms with E-state index in [4.69, 9.17) is 4.74 Å². The summed E-state index contributed by atoms with van der Waals surface area (Å²) in [7, 11) is 0. The molecule has 0 radical (unpaired) electrons. The number of rotatable bonds is 6. The average molecular weight is 381 g/mol. The number of ether oxygens (including phenoxy) is 1. The predicted molar refractivity (Wildman–Crippen MR) is 110 cm³/mol. The van der Waals surface area contributed by atoms with E-state index in [9.17, 15) is 9.59 Å². The summed E-state index contributed by atoms with van der Waals surface area (Å²) in [5.41, 5.74) is 3.07. The fourth-order valence-corrected chi connectivity index (χ4v) is 3.68. The first-order chi connectivity index (χ1) is 13.0. The maximum Gasteiger partial charge on any atom is 0.293 e. The van der Waals surface area contributed by atoms with E-state index < -0.39 is 0 Å². The van der Waals surface area contributed by atoms with Crippen molar-refractivity contribution in [2.75, 3.05) is 0 Å². The smallest absolute Gasteiger partial charge is 0.293 e. The van der Waals surface area contributed by atoms with Crippen LogP contribution >= 0.6 is 11.8 Å². The van der Waals surface area contributed by atoms with Gasteiger partial charge in [0.25, 0.3) is 11.1 Å². The van der Waals surface area contributed by atoms with Crippen LogP contribution in [-0.2, 0) is 11.4 Å². The molecule has 27 heavy (non-hydrogen) atoms. The summed E-state index contributed by atoms with van der Waals surface area (Å²) in [4.78, 5) is 26.6. The van der Waals surface area contributed by atoms with Crippen molar-refractivity contribution in [3.63, 3.8) is 0 Å². The molecule has 0 N–H and O–H groups in total. The quantitative estimate of drug-likeness (QED) is 0.628. The highest BCUT2D eigenvalue weighted by molar-refractivity contribution is 8.18. The van der Waals surface area contributed by atoms with Gasteiger partial charge in [-0.3, -0.25) is 14.5 Å². The van der Waals surface area contributed by atoms with E-state index in [0.29, 0.717) is 17.3 Å². The van der Waals surface area contributed by atoms with Gasteiger partial charge >= 0.3 is 0 Å². The molecule has 0 saturated carbocycles. The minimum absolute atomic E-state index is 0.101. The number of nitrogens with zero attached hydrogens (tertiary/aromatic N) is 1. The number of carbonyl (C=O) groups is 2. The van der Waals surface area contributed by atoms with Crippen LogP contribution in [0, 0.1) is 6.92 Å². The Morgan fingerprint density at radius 1 is 1.11 bits per heavy atom. The van der Waals surface area contributed by atoms with Crippen molar-refractivity contribution in [2.24, 2.45) is 0 Å². The Kier molecular flexibility index (Phi) is 6.01. The van der Waals surface area contributed by atoms with Gasteiger partial charge < -0.3 is 4.74 Å². The van der Waals surface area contributed by atoms with Gasteiger partial charge in [-0.05, 0) is 49.7 Å². The Morgan fingerprint density at radius 3 is 2.52 bits per heavy atom. The summed E-state index contributed by atoms with van der Waals surface area (Å²) >= 11 is 0.988. The highest BCUT2D eigenvalue weighted by Crippen LogP contribution is 2.35. The first-order valence-electron chi connectivity index (χ1n) is 9.04. The first-order valence-corrected chi connectivity index (χ1v) is 9.85. The van der Waals surface area contributed by atoms with E-state index in [1.54, 1.807) is 6.08 Å². The molecule has 1 atom stereocenters. The van der Waals surface area contributed by atoms with Crippen LogP contribution in [0.4, 0.5) is 4.79 Å². The molecule has 1 aliphatic rings. The second-order valence-electron chi connectivity index (χ2n) is 6.62. The molecule has 4 nitrogen and oxygen atoms in total. The summed E-state index contributed by atoms with van der Waals surface area (Å²) in [5.74, 6) is 0.459. The maximum absolute atomic E-state index is 12.6. The second-order valence-corrected chi connectivity index (χ2v) is 7.61. The summed E-state index contributed by atoms with van der Waals surface area (Å²) in [6.07, 6.45) is 2.49. The molecule has 2 aromatic carbocycles. The van der Waals surface area contributed by atoms with Crippen molar-refractivity contribution in [3.8, 4) is 5.75 Å². The first kappa shape index (κ1) is 19.2. The van der Waals surface area contributed by atoms with Gasteiger partial charge in [-0.15, -0.1) is 0 Å². The summed E-state index contributed by atoms with van der Waals surface area (Å²) in [6.45, 7) is 6.34. The molecule has 2 aromatic rings. The van der Waals surface area contributed by atoms with E-state index in [0.717, 1.165) is 29.3 Å². The molecule has 0 bridgehead atoms.